The van der Waals surface area contributed by atoms with Gasteiger partial charge in [-0.05, 0) is 80.3 Å². The Hall–Kier alpha value is -2.11. The van der Waals surface area contributed by atoms with E-state index in [0.717, 1.165) is 43.9 Å². The molecule has 0 aliphatic carbocycles. The van der Waals surface area contributed by atoms with Crippen LogP contribution in [0.1, 0.15) is 87.2 Å². The second-order valence-corrected chi connectivity index (χ2v) is 10.2. The van der Waals surface area contributed by atoms with Gasteiger partial charge >= 0.3 is 0 Å². The third-order valence-electron chi connectivity index (χ3n) is 7.56. The minimum absolute atomic E-state index is 0.00288. The van der Waals surface area contributed by atoms with E-state index in [9.17, 15) is 4.79 Å². The van der Waals surface area contributed by atoms with E-state index in [-0.39, 0.29) is 5.56 Å². The van der Waals surface area contributed by atoms with Crippen LogP contribution in [0.3, 0.4) is 0 Å². The van der Waals surface area contributed by atoms with Crippen molar-refractivity contribution in [3.63, 3.8) is 0 Å². The van der Waals surface area contributed by atoms with Crippen LogP contribution in [0.4, 0.5) is 0 Å². The fourth-order valence-electron chi connectivity index (χ4n) is 5.16. The van der Waals surface area contributed by atoms with E-state index in [2.05, 4.69) is 85.4 Å². The monoisotopic (exact) mass is 452 g/mol. The number of hydrogen-bond donors (Lipinski definition) is 3. The summed E-state index contributed by atoms with van der Waals surface area (Å²) in [5.41, 5.74) is 6.04. The molecule has 0 saturated carbocycles. The third kappa shape index (κ3) is 6.70. The summed E-state index contributed by atoms with van der Waals surface area (Å²) >= 11 is 0. The zero-order valence-electron chi connectivity index (χ0n) is 21.4. The highest BCUT2D eigenvalue weighted by Crippen LogP contribution is 2.33. The summed E-state index contributed by atoms with van der Waals surface area (Å²) in [4.78, 5) is 14.9. The van der Waals surface area contributed by atoms with Crippen molar-refractivity contribution >= 4 is 6.08 Å². The first-order valence-electron chi connectivity index (χ1n) is 12.9. The third-order valence-corrected chi connectivity index (χ3v) is 7.56. The van der Waals surface area contributed by atoms with Crippen molar-refractivity contribution in [1.82, 2.24) is 20.4 Å². The Morgan fingerprint density at radius 2 is 1.91 bits per heavy atom. The predicted octanol–water partition coefficient (Wildman–Crippen LogP) is 5.23. The first-order valence-corrected chi connectivity index (χ1v) is 12.9. The number of nitrogens with one attached hydrogen (secondary N) is 3. The van der Waals surface area contributed by atoms with E-state index in [1.54, 1.807) is 0 Å². The lowest BCUT2D eigenvalue weighted by molar-refractivity contribution is 0.111. The number of H-pyrrole nitrogens is 2. The SMILES string of the molecule is CCN(CC/C=C/c1ccc(Cc2c(C(C)C)[nH][nH]c2=O)c(C)c1)CC1(CC)CCNCC1. The van der Waals surface area contributed by atoms with E-state index >= 15 is 0 Å². The van der Waals surface area contributed by atoms with Gasteiger partial charge in [0.25, 0.3) is 5.56 Å². The van der Waals surface area contributed by atoms with Gasteiger partial charge in [0.2, 0.25) is 0 Å². The highest BCUT2D eigenvalue weighted by atomic mass is 16.1. The summed E-state index contributed by atoms with van der Waals surface area (Å²) in [6, 6.07) is 6.58. The molecular formula is C28H44N4O. The van der Waals surface area contributed by atoms with E-state index in [1.165, 1.54) is 42.5 Å². The molecule has 1 fully saturated rings. The largest absolute Gasteiger partial charge is 0.317 e. The first kappa shape index (κ1) is 25.5. The topological polar surface area (TPSA) is 63.9 Å². The van der Waals surface area contributed by atoms with E-state index in [0.29, 0.717) is 17.8 Å². The van der Waals surface area contributed by atoms with Gasteiger partial charge in [0.1, 0.15) is 0 Å². The number of nitrogens with zero attached hydrogens (tertiary/aromatic N) is 1. The standard InChI is InChI=1S/C28H44N4O/c1-6-28(13-15-29-16-14-28)20-32(7-2)17-9-8-10-23-11-12-24(22(5)18-23)19-25-26(21(3)4)30-31-27(25)33/h8,10-12,18,21,29H,6-7,9,13-17,19-20H2,1-5H3,(H2,30,31,33)/b10-8+. The molecule has 1 saturated heterocycles. The van der Waals surface area contributed by atoms with Crippen molar-refractivity contribution in [1.29, 1.82) is 0 Å². The van der Waals surface area contributed by atoms with Gasteiger partial charge < -0.3 is 15.3 Å². The molecule has 1 aliphatic heterocycles. The van der Waals surface area contributed by atoms with Gasteiger partial charge in [-0.15, -0.1) is 0 Å². The van der Waals surface area contributed by atoms with Gasteiger partial charge in [0.15, 0.2) is 0 Å². The maximum absolute atomic E-state index is 12.2. The highest BCUT2D eigenvalue weighted by Gasteiger charge is 2.31. The Labute approximate surface area is 200 Å². The lowest BCUT2D eigenvalue weighted by Crippen LogP contribution is -2.44. The van der Waals surface area contributed by atoms with Crippen LogP contribution in [0.2, 0.25) is 0 Å². The number of piperidine rings is 1. The van der Waals surface area contributed by atoms with Crippen molar-refractivity contribution in [2.45, 2.75) is 72.6 Å². The molecule has 0 amide bonds. The maximum atomic E-state index is 12.2. The molecule has 33 heavy (non-hydrogen) atoms. The molecule has 2 aromatic rings. The Morgan fingerprint density at radius 1 is 1.15 bits per heavy atom. The molecule has 3 N–H and O–H groups in total. The van der Waals surface area contributed by atoms with Gasteiger partial charge in [-0.2, -0.15) is 0 Å². The minimum atomic E-state index is -0.00288. The van der Waals surface area contributed by atoms with Gasteiger partial charge in [-0.1, -0.05) is 58.0 Å². The molecule has 1 aliphatic rings. The average Bonchev–Trinajstić information content (AvgIpc) is 3.18. The fourth-order valence-corrected chi connectivity index (χ4v) is 5.16. The normalized spacial score (nSPS) is 16.3. The molecule has 1 aromatic carbocycles. The van der Waals surface area contributed by atoms with E-state index in [1.807, 2.05) is 0 Å². The molecule has 5 nitrogen and oxygen atoms in total. The van der Waals surface area contributed by atoms with Crippen molar-refractivity contribution in [3.05, 3.63) is 62.6 Å². The summed E-state index contributed by atoms with van der Waals surface area (Å²) in [5.74, 6) is 0.297. The predicted molar refractivity (Wildman–Crippen MR) is 140 cm³/mol. The molecule has 0 unspecified atom stereocenters. The number of aryl methyl sites for hydroxylation is 1. The van der Waals surface area contributed by atoms with Crippen molar-refractivity contribution in [2.24, 2.45) is 5.41 Å². The second-order valence-electron chi connectivity index (χ2n) is 10.2. The van der Waals surface area contributed by atoms with Crippen molar-refractivity contribution < 1.29 is 0 Å². The summed E-state index contributed by atoms with van der Waals surface area (Å²) in [6.45, 7) is 16.8. The fraction of sp³-hybridized carbons (Fsp3) is 0.607. The first-order chi connectivity index (χ1) is 15.9. The Kier molecular flexibility index (Phi) is 9.16. The molecule has 2 heterocycles. The summed E-state index contributed by atoms with van der Waals surface area (Å²) in [6.07, 6.45) is 10.2. The van der Waals surface area contributed by atoms with Crippen LogP contribution in [0.25, 0.3) is 6.08 Å². The lowest BCUT2D eigenvalue weighted by Gasteiger charge is -2.40. The molecule has 1 aromatic heterocycles. The lowest BCUT2D eigenvalue weighted by atomic mass is 9.76. The van der Waals surface area contributed by atoms with Gasteiger partial charge in [-0.3, -0.25) is 9.89 Å². The van der Waals surface area contributed by atoms with Crippen LogP contribution in [0.5, 0.6) is 0 Å². The van der Waals surface area contributed by atoms with Gasteiger partial charge in [0, 0.05) is 30.8 Å². The molecule has 0 radical (unpaired) electrons. The molecule has 0 bridgehead atoms. The molecule has 182 valence electrons. The summed E-state index contributed by atoms with van der Waals surface area (Å²) in [5, 5.41) is 9.32. The molecule has 0 atom stereocenters. The number of aromatic nitrogens is 2. The maximum Gasteiger partial charge on any atom is 0.267 e. The number of benzene rings is 1. The molecule has 0 spiro atoms. The Bertz CT molecular complexity index is 963. The zero-order chi connectivity index (χ0) is 23.8. The van der Waals surface area contributed by atoms with Crippen LogP contribution >= 0.6 is 0 Å². The van der Waals surface area contributed by atoms with Crippen LogP contribution in [0.15, 0.2) is 29.1 Å². The summed E-state index contributed by atoms with van der Waals surface area (Å²) in [7, 11) is 0. The second kappa shape index (κ2) is 11.8. The Balaban J connectivity index is 1.57. The smallest absolute Gasteiger partial charge is 0.267 e. The average molecular weight is 453 g/mol. The van der Waals surface area contributed by atoms with Crippen molar-refractivity contribution in [3.8, 4) is 0 Å². The zero-order valence-corrected chi connectivity index (χ0v) is 21.4. The number of hydrogen-bond acceptors (Lipinski definition) is 3. The van der Waals surface area contributed by atoms with Crippen LogP contribution in [-0.2, 0) is 6.42 Å². The number of rotatable bonds is 11. The van der Waals surface area contributed by atoms with Crippen LogP contribution < -0.4 is 10.9 Å². The van der Waals surface area contributed by atoms with Gasteiger partial charge in [-0.25, -0.2) is 0 Å². The van der Waals surface area contributed by atoms with Crippen molar-refractivity contribution in [2.75, 3.05) is 32.7 Å². The minimum Gasteiger partial charge on any atom is -0.317 e. The van der Waals surface area contributed by atoms with E-state index in [4.69, 9.17) is 0 Å². The molecule has 5 heteroatoms. The summed E-state index contributed by atoms with van der Waals surface area (Å²) < 4.78 is 0. The van der Waals surface area contributed by atoms with E-state index < -0.39 is 0 Å². The molecule has 3 rings (SSSR count). The van der Waals surface area contributed by atoms with Crippen LogP contribution in [-0.4, -0.2) is 47.8 Å². The van der Waals surface area contributed by atoms with Gasteiger partial charge in [0.05, 0.1) is 0 Å². The quantitative estimate of drug-likeness (QED) is 0.437. The highest BCUT2D eigenvalue weighted by molar-refractivity contribution is 5.52. The van der Waals surface area contributed by atoms with Crippen LogP contribution in [0, 0.1) is 12.3 Å². The number of aromatic amines is 2. The Morgan fingerprint density at radius 3 is 2.55 bits per heavy atom. The molecular weight excluding hydrogens is 408 g/mol.